The molecule has 1 aromatic carbocycles. The number of aromatic amines is 1. The number of imidazole rings is 1. The Morgan fingerprint density at radius 3 is 2.80 bits per heavy atom. The molecule has 5 rings (SSSR count). The zero-order valence-corrected chi connectivity index (χ0v) is 17.1. The second kappa shape index (κ2) is 7.40. The Morgan fingerprint density at radius 2 is 2.10 bits per heavy atom. The molecule has 1 fully saturated rings. The summed E-state index contributed by atoms with van der Waals surface area (Å²) in [5, 5.41) is 8.57. The van der Waals surface area contributed by atoms with Crippen molar-refractivity contribution in [2.45, 2.75) is 38.1 Å². The molecular formula is C23H24N6O. The number of aryl methyl sites for hydroxylation is 2. The summed E-state index contributed by atoms with van der Waals surface area (Å²) in [6.07, 6.45) is 6.36. The van der Waals surface area contributed by atoms with Gasteiger partial charge in [-0.2, -0.15) is 5.10 Å². The predicted molar refractivity (Wildman–Crippen MR) is 114 cm³/mol. The van der Waals surface area contributed by atoms with E-state index < -0.39 is 0 Å². The molecule has 3 heterocycles. The van der Waals surface area contributed by atoms with Gasteiger partial charge in [0.15, 0.2) is 5.65 Å². The second-order valence-corrected chi connectivity index (χ2v) is 7.95. The van der Waals surface area contributed by atoms with Gasteiger partial charge in [0.1, 0.15) is 5.82 Å². The van der Waals surface area contributed by atoms with E-state index in [0.29, 0.717) is 17.9 Å². The zero-order chi connectivity index (χ0) is 20.7. The highest BCUT2D eigenvalue weighted by molar-refractivity contribution is 6.06. The molecule has 1 unspecified atom stereocenters. The number of hydrogen-bond acceptors (Lipinski definition) is 4. The minimum absolute atomic E-state index is 0.110. The number of carbonyl (C=O) groups excluding carboxylic acids is 1. The van der Waals surface area contributed by atoms with Crippen LogP contribution in [0, 0.1) is 6.92 Å². The number of benzene rings is 1. The molecule has 4 aromatic rings. The molecule has 7 nitrogen and oxygen atoms in total. The number of aromatic nitrogens is 5. The van der Waals surface area contributed by atoms with Crippen molar-refractivity contribution in [2.75, 3.05) is 0 Å². The molecule has 0 spiro atoms. The van der Waals surface area contributed by atoms with Crippen molar-refractivity contribution in [1.82, 2.24) is 30.0 Å². The van der Waals surface area contributed by atoms with E-state index in [1.807, 2.05) is 50.4 Å². The van der Waals surface area contributed by atoms with Gasteiger partial charge in [-0.1, -0.05) is 30.3 Å². The lowest BCUT2D eigenvalue weighted by atomic mass is 10.0. The van der Waals surface area contributed by atoms with Crippen LogP contribution in [0.5, 0.6) is 0 Å². The van der Waals surface area contributed by atoms with Crippen molar-refractivity contribution >= 4 is 16.9 Å². The summed E-state index contributed by atoms with van der Waals surface area (Å²) >= 11 is 0. The maximum absolute atomic E-state index is 13.5. The van der Waals surface area contributed by atoms with Crippen LogP contribution in [0.2, 0.25) is 0 Å². The zero-order valence-electron chi connectivity index (χ0n) is 17.1. The third-order valence-electron chi connectivity index (χ3n) is 5.69. The van der Waals surface area contributed by atoms with E-state index in [4.69, 9.17) is 4.98 Å². The molecule has 1 aliphatic carbocycles. The minimum Gasteiger partial charge on any atom is -0.349 e. The van der Waals surface area contributed by atoms with Gasteiger partial charge in [-0.05, 0) is 31.4 Å². The molecule has 1 aliphatic rings. The lowest BCUT2D eigenvalue weighted by Crippen LogP contribution is -2.30. The maximum Gasteiger partial charge on any atom is 0.252 e. The lowest BCUT2D eigenvalue weighted by molar-refractivity contribution is 0.0937. The highest BCUT2D eigenvalue weighted by Gasteiger charge is 2.29. The van der Waals surface area contributed by atoms with Crippen LogP contribution in [0.3, 0.4) is 0 Å². The van der Waals surface area contributed by atoms with Gasteiger partial charge >= 0.3 is 0 Å². The minimum atomic E-state index is -0.200. The number of pyridine rings is 1. The van der Waals surface area contributed by atoms with E-state index >= 15 is 0 Å². The lowest BCUT2D eigenvalue weighted by Gasteiger charge is -2.19. The Kier molecular flexibility index (Phi) is 4.58. The molecule has 0 aliphatic heterocycles. The van der Waals surface area contributed by atoms with Gasteiger partial charge in [-0.3, -0.25) is 9.48 Å². The molecular weight excluding hydrogens is 376 g/mol. The summed E-state index contributed by atoms with van der Waals surface area (Å²) in [5.41, 5.74) is 4.25. The molecule has 0 saturated heterocycles. The SMILES string of the molecule is Cc1nn(C)c2nc(C3CC3)cc(C(=O)NC(Cc3ncc[nH]3)c3ccccc3)c12. The van der Waals surface area contributed by atoms with Crippen LogP contribution in [0.4, 0.5) is 0 Å². The van der Waals surface area contributed by atoms with Crippen molar-refractivity contribution in [3.63, 3.8) is 0 Å². The first-order valence-electron chi connectivity index (χ1n) is 10.3. The van der Waals surface area contributed by atoms with Crippen molar-refractivity contribution in [1.29, 1.82) is 0 Å². The summed E-state index contributed by atoms with van der Waals surface area (Å²) in [5.74, 6) is 1.17. The number of hydrogen-bond donors (Lipinski definition) is 2. The molecule has 7 heteroatoms. The molecule has 152 valence electrons. The number of nitrogens with zero attached hydrogens (tertiary/aromatic N) is 4. The summed E-state index contributed by atoms with van der Waals surface area (Å²) in [6.45, 7) is 1.93. The van der Waals surface area contributed by atoms with Crippen molar-refractivity contribution in [2.24, 2.45) is 7.05 Å². The van der Waals surface area contributed by atoms with Crippen LogP contribution < -0.4 is 5.32 Å². The summed E-state index contributed by atoms with van der Waals surface area (Å²) in [4.78, 5) is 25.8. The Balaban J connectivity index is 1.53. The first-order valence-corrected chi connectivity index (χ1v) is 10.3. The number of H-pyrrole nitrogens is 1. The average Bonchev–Trinajstić information content (AvgIpc) is 3.41. The standard InChI is InChI=1S/C23H24N6O/c1-14-21-17(12-18(16-8-9-16)26-22(21)29(2)28-14)23(30)27-19(13-20-24-10-11-25-20)15-6-4-3-5-7-15/h3-7,10-12,16,19H,8-9,13H2,1-2H3,(H,24,25)(H,27,30). The van der Waals surface area contributed by atoms with Crippen LogP contribution in [0.25, 0.3) is 11.0 Å². The smallest absolute Gasteiger partial charge is 0.252 e. The molecule has 0 bridgehead atoms. The molecule has 0 radical (unpaired) electrons. The van der Waals surface area contributed by atoms with E-state index in [-0.39, 0.29) is 11.9 Å². The Hall–Kier alpha value is -3.48. The number of carbonyl (C=O) groups is 1. The van der Waals surface area contributed by atoms with E-state index in [9.17, 15) is 4.79 Å². The van der Waals surface area contributed by atoms with Crippen LogP contribution in [0.1, 0.15) is 57.9 Å². The van der Waals surface area contributed by atoms with Gasteiger partial charge in [0.25, 0.3) is 5.91 Å². The number of nitrogens with one attached hydrogen (secondary N) is 2. The van der Waals surface area contributed by atoms with Gasteiger partial charge in [0, 0.05) is 37.5 Å². The fourth-order valence-corrected chi connectivity index (χ4v) is 4.01. The summed E-state index contributed by atoms with van der Waals surface area (Å²) < 4.78 is 1.77. The Morgan fingerprint density at radius 1 is 1.30 bits per heavy atom. The largest absolute Gasteiger partial charge is 0.349 e. The maximum atomic E-state index is 13.5. The predicted octanol–water partition coefficient (Wildman–Crippen LogP) is 3.59. The van der Waals surface area contributed by atoms with Crippen molar-refractivity contribution in [3.05, 3.63) is 77.1 Å². The molecule has 1 amide bonds. The third kappa shape index (κ3) is 3.47. The Bertz CT molecular complexity index is 1190. The van der Waals surface area contributed by atoms with E-state index in [1.165, 1.54) is 0 Å². The van der Waals surface area contributed by atoms with E-state index in [0.717, 1.165) is 46.7 Å². The normalized spacial score (nSPS) is 14.7. The second-order valence-electron chi connectivity index (χ2n) is 7.95. The molecule has 2 N–H and O–H groups in total. The van der Waals surface area contributed by atoms with Crippen molar-refractivity contribution < 1.29 is 4.79 Å². The quantitative estimate of drug-likeness (QED) is 0.518. The molecule has 30 heavy (non-hydrogen) atoms. The van der Waals surface area contributed by atoms with Gasteiger partial charge in [0.05, 0.1) is 22.7 Å². The molecule has 1 saturated carbocycles. The topological polar surface area (TPSA) is 88.5 Å². The van der Waals surface area contributed by atoms with Crippen molar-refractivity contribution in [3.8, 4) is 0 Å². The van der Waals surface area contributed by atoms with E-state index in [2.05, 4.69) is 20.4 Å². The number of amides is 1. The third-order valence-corrected chi connectivity index (χ3v) is 5.69. The van der Waals surface area contributed by atoms with Gasteiger partial charge in [-0.15, -0.1) is 0 Å². The fourth-order valence-electron chi connectivity index (χ4n) is 4.01. The fraction of sp³-hybridized carbons (Fsp3) is 0.304. The molecule has 3 aromatic heterocycles. The van der Waals surface area contributed by atoms with Gasteiger partial charge < -0.3 is 10.3 Å². The summed E-state index contributed by atoms with van der Waals surface area (Å²) in [7, 11) is 1.88. The van der Waals surface area contributed by atoms with Crippen LogP contribution >= 0.6 is 0 Å². The monoisotopic (exact) mass is 400 g/mol. The Labute approximate surface area is 174 Å². The highest BCUT2D eigenvalue weighted by Crippen LogP contribution is 2.40. The van der Waals surface area contributed by atoms with Crippen LogP contribution in [0.15, 0.2) is 48.8 Å². The number of rotatable bonds is 6. The highest BCUT2D eigenvalue weighted by atomic mass is 16.1. The average molecular weight is 400 g/mol. The first kappa shape index (κ1) is 18.5. The van der Waals surface area contributed by atoms with E-state index in [1.54, 1.807) is 17.1 Å². The summed E-state index contributed by atoms with van der Waals surface area (Å²) in [6, 6.07) is 11.8. The molecule has 1 atom stereocenters. The van der Waals surface area contributed by atoms with Crippen LogP contribution in [-0.2, 0) is 13.5 Å². The number of fused-ring (bicyclic) bond motifs is 1. The first-order chi connectivity index (χ1) is 14.6. The van der Waals surface area contributed by atoms with Gasteiger partial charge in [0.2, 0.25) is 0 Å². The van der Waals surface area contributed by atoms with Crippen LogP contribution in [-0.4, -0.2) is 30.6 Å². The van der Waals surface area contributed by atoms with Gasteiger partial charge in [-0.25, -0.2) is 9.97 Å².